The minimum absolute atomic E-state index is 0.244. The van der Waals surface area contributed by atoms with Gasteiger partial charge in [0.05, 0.1) is 19.8 Å². The molecule has 1 aromatic carbocycles. The van der Waals surface area contributed by atoms with Crippen LogP contribution in [-0.2, 0) is 11.3 Å². The van der Waals surface area contributed by atoms with Crippen molar-refractivity contribution in [2.45, 2.75) is 32.2 Å². The van der Waals surface area contributed by atoms with Gasteiger partial charge in [0.15, 0.2) is 0 Å². The molecule has 0 radical (unpaired) electrons. The van der Waals surface area contributed by atoms with E-state index in [1.165, 1.54) is 11.1 Å². The molecule has 1 aromatic rings. The third-order valence-electron chi connectivity index (χ3n) is 3.01. The lowest BCUT2D eigenvalue weighted by Gasteiger charge is -2.17. The van der Waals surface area contributed by atoms with Gasteiger partial charge in [0, 0.05) is 5.56 Å². The predicted octanol–water partition coefficient (Wildman–Crippen LogP) is 2.61. The van der Waals surface area contributed by atoms with Gasteiger partial charge in [0.2, 0.25) is 0 Å². The Balaban J connectivity index is 2.33. The van der Waals surface area contributed by atoms with Crippen LogP contribution < -0.4 is 10.2 Å². The predicted molar refractivity (Wildman–Crippen MR) is 63.4 cm³/mol. The first-order valence-corrected chi connectivity index (χ1v) is 5.89. The summed E-state index contributed by atoms with van der Waals surface area (Å²) in [6, 6.07) is 6.67. The Bertz CT molecular complexity index is 352. The molecule has 1 aliphatic rings. The zero-order valence-corrected chi connectivity index (χ0v) is 9.95. The molecular formula is C13H19NO2. The zero-order chi connectivity index (χ0) is 11.4. The van der Waals surface area contributed by atoms with Gasteiger partial charge < -0.3 is 9.57 Å². The molecule has 0 aromatic heterocycles. The molecular weight excluding hydrogens is 202 g/mol. The van der Waals surface area contributed by atoms with Crippen molar-refractivity contribution in [3.8, 4) is 5.75 Å². The second-order valence-corrected chi connectivity index (χ2v) is 4.09. The highest BCUT2D eigenvalue weighted by atomic mass is 16.6. The highest BCUT2D eigenvalue weighted by molar-refractivity contribution is 5.40. The second-order valence-electron chi connectivity index (χ2n) is 4.09. The van der Waals surface area contributed by atoms with E-state index >= 15 is 0 Å². The fourth-order valence-electron chi connectivity index (χ4n) is 2.11. The lowest BCUT2D eigenvalue weighted by atomic mass is 9.99. The summed E-state index contributed by atoms with van der Waals surface area (Å²) >= 11 is 0. The van der Waals surface area contributed by atoms with Crippen molar-refractivity contribution in [1.29, 1.82) is 0 Å². The second kappa shape index (κ2) is 5.32. The van der Waals surface area contributed by atoms with Gasteiger partial charge in [-0.2, -0.15) is 5.48 Å². The molecule has 0 saturated carbocycles. The SMILES string of the molecule is CCc1ccc2c(c1)C(NOC)CCCO2. The van der Waals surface area contributed by atoms with Crippen molar-refractivity contribution in [3.05, 3.63) is 29.3 Å². The summed E-state index contributed by atoms with van der Waals surface area (Å²) in [4.78, 5) is 5.06. The van der Waals surface area contributed by atoms with Gasteiger partial charge in [-0.15, -0.1) is 0 Å². The number of aryl methyl sites for hydroxylation is 1. The number of ether oxygens (including phenoxy) is 1. The summed E-state index contributed by atoms with van der Waals surface area (Å²) < 4.78 is 5.73. The van der Waals surface area contributed by atoms with E-state index in [1.54, 1.807) is 7.11 Å². The Morgan fingerprint density at radius 3 is 3.12 bits per heavy atom. The highest BCUT2D eigenvalue weighted by Crippen LogP contribution is 2.32. The van der Waals surface area contributed by atoms with Crippen LogP contribution in [0, 0.1) is 0 Å². The summed E-state index contributed by atoms with van der Waals surface area (Å²) in [6.07, 6.45) is 3.15. The molecule has 16 heavy (non-hydrogen) atoms. The monoisotopic (exact) mass is 221 g/mol. The van der Waals surface area contributed by atoms with Gasteiger partial charge in [-0.3, -0.25) is 0 Å². The number of rotatable bonds is 3. The number of hydrogen-bond donors (Lipinski definition) is 1. The molecule has 2 rings (SSSR count). The maximum atomic E-state index is 5.73. The van der Waals surface area contributed by atoms with Gasteiger partial charge in [0.1, 0.15) is 5.75 Å². The Labute approximate surface area is 96.7 Å². The van der Waals surface area contributed by atoms with E-state index in [2.05, 4.69) is 30.6 Å². The molecule has 0 fully saturated rings. The van der Waals surface area contributed by atoms with E-state index in [0.717, 1.165) is 31.6 Å². The summed E-state index contributed by atoms with van der Waals surface area (Å²) in [6.45, 7) is 2.96. The lowest BCUT2D eigenvalue weighted by molar-refractivity contribution is 0.0579. The molecule has 88 valence electrons. The van der Waals surface area contributed by atoms with Crippen LogP contribution >= 0.6 is 0 Å². The van der Waals surface area contributed by atoms with Gasteiger partial charge in [-0.1, -0.05) is 19.1 Å². The summed E-state index contributed by atoms with van der Waals surface area (Å²) in [5.74, 6) is 0.990. The first kappa shape index (κ1) is 11.4. The molecule has 0 spiro atoms. The maximum absolute atomic E-state index is 5.73. The molecule has 0 aliphatic carbocycles. The largest absolute Gasteiger partial charge is 0.493 e. The lowest BCUT2D eigenvalue weighted by Crippen LogP contribution is -2.19. The first-order valence-electron chi connectivity index (χ1n) is 5.89. The zero-order valence-electron chi connectivity index (χ0n) is 9.95. The average Bonchev–Trinajstić information content (AvgIpc) is 2.52. The summed E-state index contributed by atoms with van der Waals surface area (Å²) in [5, 5.41) is 0. The van der Waals surface area contributed by atoms with Crippen molar-refractivity contribution >= 4 is 0 Å². The quantitative estimate of drug-likeness (QED) is 0.796. The molecule has 0 saturated heterocycles. The minimum atomic E-state index is 0.244. The fourth-order valence-corrected chi connectivity index (χ4v) is 2.11. The Morgan fingerprint density at radius 2 is 2.38 bits per heavy atom. The number of fused-ring (bicyclic) bond motifs is 1. The molecule has 0 amide bonds. The van der Waals surface area contributed by atoms with Crippen LogP contribution in [0.5, 0.6) is 5.75 Å². The minimum Gasteiger partial charge on any atom is -0.493 e. The Hall–Kier alpha value is -1.06. The third kappa shape index (κ3) is 2.36. The molecule has 3 heteroatoms. The van der Waals surface area contributed by atoms with Crippen LogP contribution in [0.15, 0.2) is 18.2 Å². The van der Waals surface area contributed by atoms with Gasteiger partial charge in [-0.05, 0) is 30.9 Å². The third-order valence-corrected chi connectivity index (χ3v) is 3.01. The molecule has 1 N–H and O–H groups in total. The van der Waals surface area contributed by atoms with E-state index in [1.807, 2.05) is 0 Å². The van der Waals surface area contributed by atoms with E-state index in [4.69, 9.17) is 9.57 Å². The smallest absolute Gasteiger partial charge is 0.124 e. The van der Waals surface area contributed by atoms with E-state index in [9.17, 15) is 0 Å². The number of hydrogen-bond acceptors (Lipinski definition) is 3. The van der Waals surface area contributed by atoms with E-state index in [0.29, 0.717) is 0 Å². The van der Waals surface area contributed by atoms with Crippen LogP contribution in [0.25, 0.3) is 0 Å². The normalized spacial score (nSPS) is 19.8. The van der Waals surface area contributed by atoms with Crippen molar-refractivity contribution < 1.29 is 9.57 Å². The summed E-state index contributed by atoms with van der Waals surface area (Å²) in [7, 11) is 1.66. The van der Waals surface area contributed by atoms with Crippen LogP contribution in [-0.4, -0.2) is 13.7 Å². The summed E-state index contributed by atoms with van der Waals surface area (Å²) in [5.41, 5.74) is 5.61. The van der Waals surface area contributed by atoms with E-state index < -0.39 is 0 Å². The van der Waals surface area contributed by atoms with Crippen LogP contribution in [0.2, 0.25) is 0 Å². The van der Waals surface area contributed by atoms with E-state index in [-0.39, 0.29) is 6.04 Å². The van der Waals surface area contributed by atoms with Crippen molar-refractivity contribution in [2.24, 2.45) is 0 Å². The molecule has 1 aliphatic heterocycles. The van der Waals surface area contributed by atoms with Gasteiger partial charge >= 0.3 is 0 Å². The first-order chi connectivity index (χ1) is 7.85. The van der Waals surface area contributed by atoms with Crippen LogP contribution in [0.3, 0.4) is 0 Å². The van der Waals surface area contributed by atoms with Crippen molar-refractivity contribution in [1.82, 2.24) is 5.48 Å². The molecule has 0 bridgehead atoms. The maximum Gasteiger partial charge on any atom is 0.124 e. The molecule has 1 atom stereocenters. The van der Waals surface area contributed by atoms with Crippen molar-refractivity contribution in [3.63, 3.8) is 0 Å². The molecule has 1 unspecified atom stereocenters. The number of benzene rings is 1. The fraction of sp³-hybridized carbons (Fsp3) is 0.538. The van der Waals surface area contributed by atoms with Gasteiger partial charge in [-0.25, -0.2) is 0 Å². The Morgan fingerprint density at radius 1 is 1.50 bits per heavy atom. The topological polar surface area (TPSA) is 30.5 Å². The number of nitrogens with one attached hydrogen (secondary N) is 1. The number of hydroxylamine groups is 1. The molecule has 3 nitrogen and oxygen atoms in total. The standard InChI is InChI=1S/C13H19NO2/c1-3-10-6-7-13-11(9-10)12(14-15-2)5-4-8-16-13/h6-7,9,12,14H,3-5,8H2,1-2H3. The highest BCUT2D eigenvalue weighted by Gasteiger charge is 2.19. The van der Waals surface area contributed by atoms with Gasteiger partial charge in [0.25, 0.3) is 0 Å². The van der Waals surface area contributed by atoms with Crippen LogP contribution in [0.1, 0.15) is 36.9 Å². The van der Waals surface area contributed by atoms with Crippen LogP contribution in [0.4, 0.5) is 0 Å². The Kier molecular flexibility index (Phi) is 3.80. The average molecular weight is 221 g/mol. The molecule has 1 heterocycles. The van der Waals surface area contributed by atoms with Crippen molar-refractivity contribution in [2.75, 3.05) is 13.7 Å².